The fourth-order valence-electron chi connectivity index (χ4n) is 2.15. The molecule has 0 aliphatic carbocycles. The summed E-state index contributed by atoms with van der Waals surface area (Å²) in [6.45, 7) is 4.74. The molecule has 0 unspecified atom stereocenters. The Hall–Kier alpha value is -1.75. The van der Waals surface area contributed by atoms with Gasteiger partial charge in [0, 0.05) is 18.8 Å². The number of nitrogens with zero attached hydrogens (tertiary/aromatic N) is 2. The maximum atomic E-state index is 13.1. The molecule has 0 radical (unpaired) electrons. The molecule has 0 aliphatic rings. The SMILES string of the molecule is CNC(C)(C)c1cncn1CCc1cc(F)cc(F)c1. The Kier molecular flexibility index (Phi) is 4.18. The first-order valence-electron chi connectivity index (χ1n) is 6.57. The number of aryl methyl sites for hydroxylation is 2. The van der Waals surface area contributed by atoms with Gasteiger partial charge >= 0.3 is 0 Å². The van der Waals surface area contributed by atoms with E-state index in [9.17, 15) is 8.78 Å². The van der Waals surface area contributed by atoms with Gasteiger partial charge in [0.15, 0.2) is 0 Å². The molecule has 2 aromatic rings. The van der Waals surface area contributed by atoms with Gasteiger partial charge in [0.05, 0.1) is 17.6 Å². The minimum Gasteiger partial charge on any atom is -0.333 e. The number of nitrogens with one attached hydrogen (secondary N) is 1. The van der Waals surface area contributed by atoms with Crippen LogP contribution in [0.1, 0.15) is 25.1 Å². The summed E-state index contributed by atoms with van der Waals surface area (Å²) in [6.07, 6.45) is 4.10. The van der Waals surface area contributed by atoms with E-state index in [0.29, 0.717) is 18.5 Å². The molecule has 0 fully saturated rings. The molecule has 0 bridgehead atoms. The molecule has 0 amide bonds. The number of imidazole rings is 1. The molecule has 2 rings (SSSR count). The second-order valence-electron chi connectivity index (χ2n) is 5.37. The number of benzene rings is 1. The Morgan fingerprint density at radius 2 is 1.85 bits per heavy atom. The average Bonchev–Trinajstić information content (AvgIpc) is 2.84. The lowest BCUT2D eigenvalue weighted by Crippen LogP contribution is -2.35. The average molecular weight is 279 g/mol. The summed E-state index contributed by atoms with van der Waals surface area (Å²) in [5, 5.41) is 3.22. The highest BCUT2D eigenvalue weighted by Gasteiger charge is 2.21. The van der Waals surface area contributed by atoms with Crippen LogP contribution >= 0.6 is 0 Å². The molecule has 3 nitrogen and oxygen atoms in total. The number of rotatable bonds is 5. The van der Waals surface area contributed by atoms with E-state index in [0.717, 1.165) is 11.8 Å². The van der Waals surface area contributed by atoms with Crippen LogP contribution in [-0.4, -0.2) is 16.6 Å². The van der Waals surface area contributed by atoms with E-state index < -0.39 is 11.6 Å². The highest BCUT2D eigenvalue weighted by Crippen LogP contribution is 2.19. The van der Waals surface area contributed by atoms with Gasteiger partial charge in [-0.15, -0.1) is 0 Å². The van der Waals surface area contributed by atoms with Crippen LogP contribution in [0, 0.1) is 11.6 Å². The van der Waals surface area contributed by atoms with Crippen molar-refractivity contribution in [2.45, 2.75) is 32.4 Å². The van der Waals surface area contributed by atoms with E-state index in [1.807, 2.05) is 17.8 Å². The molecule has 108 valence electrons. The molecule has 1 aromatic heterocycles. The lowest BCUT2D eigenvalue weighted by molar-refractivity contribution is 0.408. The predicted octanol–water partition coefficient (Wildman–Crippen LogP) is 2.86. The lowest BCUT2D eigenvalue weighted by atomic mass is 10.0. The van der Waals surface area contributed by atoms with Crippen molar-refractivity contribution in [1.82, 2.24) is 14.9 Å². The Bertz CT molecular complexity index is 570. The van der Waals surface area contributed by atoms with Crippen molar-refractivity contribution in [1.29, 1.82) is 0 Å². The third kappa shape index (κ3) is 3.22. The third-order valence-electron chi connectivity index (χ3n) is 3.54. The Labute approximate surface area is 117 Å². The maximum Gasteiger partial charge on any atom is 0.126 e. The van der Waals surface area contributed by atoms with Gasteiger partial charge in [0.2, 0.25) is 0 Å². The molecule has 0 spiro atoms. The summed E-state index contributed by atoms with van der Waals surface area (Å²) in [7, 11) is 1.89. The van der Waals surface area contributed by atoms with Crippen molar-refractivity contribution in [3.63, 3.8) is 0 Å². The van der Waals surface area contributed by atoms with Gasteiger partial charge in [-0.1, -0.05) is 0 Å². The number of hydrogen-bond acceptors (Lipinski definition) is 2. The van der Waals surface area contributed by atoms with E-state index in [2.05, 4.69) is 24.1 Å². The smallest absolute Gasteiger partial charge is 0.126 e. The van der Waals surface area contributed by atoms with Crippen molar-refractivity contribution in [3.8, 4) is 0 Å². The molecule has 0 atom stereocenters. The Morgan fingerprint density at radius 1 is 1.20 bits per heavy atom. The zero-order valence-corrected chi connectivity index (χ0v) is 12.0. The Morgan fingerprint density at radius 3 is 2.45 bits per heavy atom. The van der Waals surface area contributed by atoms with Gasteiger partial charge in [0.25, 0.3) is 0 Å². The lowest BCUT2D eigenvalue weighted by Gasteiger charge is -2.25. The summed E-state index contributed by atoms with van der Waals surface area (Å²) in [5.41, 5.74) is 1.48. The summed E-state index contributed by atoms with van der Waals surface area (Å²) in [5.74, 6) is -1.08. The van der Waals surface area contributed by atoms with Crippen LogP contribution in [0.5, 0.6) is 0 Å². The first-order valence-corrected chi connectivity index (χ1v) is 6.57. The van der Waals surface area contributed by atoms with E-state index in [-0.39, 0.29) is 5.54 Å². The van der Waals surface area contributed by atoms with E-state index >= 15 is 0 Å². The highest BCUT2D eigenvalue weighted by molar-refractivity contribution is 5.18. The van der Waals surface area contributed by atoms with E-state index in [4.69, 9.17) is 0 Å². The largest absolute Gasteiger partial charge is 0.333 e. The van der Waals surface area contributed by atoms with Crippen molar-refractivity contribution in [2.75, 3.05) is 7.05 Å². The molecule has 0 saturated carbocycles. The molecular weight excluding hydrogens is 260 g/mol. The normalized spacial score (nSPS) is 11.8. The minimum absolute atomic E-state index is 0.205. The second-order valence-corrected chi connectivity index (χ2v) is 5.37. The maximum absolute atomic E-state index is 13.1. The van der Waals surface area contributed by atoms with Crippen molar-refractivity contribution < 1.29 is 8.78 Å². The van der Waals surface area contributed by atoms with Gasteiger partial charge in [0.1, 0.15) is 11.6 Å². The summed E-state index contributed by atoms with van der Waals surface area (Å²) in [6, 6.07) is 3.61. The monoisotopic (exact) mass is 279 g/mol. The molecule has 20 heavy (non-hydrogen) atoms. The fraction of sp³-hybridized carbons (Fsp3) is 0.400. The van der Waals surface area contributed by atoms with Crippen molar-refractivity contribution in [3.05, 3.63) is 53.6 Å². The number of hydrogen-bond donors (Lipinski definition) is 1. The van der Waals surface area contributed by atoms with E-state index in [1.165, 1.54) is 12.1 Å². The standard InChI is InChI=1S/C15H19F2N3/c1-15(2,18-3)14-9-19-10-20(14)5-4-11-6-12(16)8-13(17)7-11/h6-10,18H,4-5H2,1-3H3. The van der Waals surface area contributed by atoms with Gasteiger partial charge in [-0.2, -0.15) is 0 Å². The topological polar surface area (TPSA) is 29.9 Å². The van der Waals surface area contributed by atoms with Gasteiger partial charge in [-0.05, 0) is 45.0 Å². The summed E-state index contributed by atoms with van der Waals surface area (Å²) >= 11 is 0. The van der Waals surface area contributed by atoms with Gasteiger partial charge in [-0.25, -0.2) is 13.8 Å². The fourth-order valence-corrected chi connectivity index (χ4v) is 2.15. The molecule has 0 saturated heterocycles. The van der Waals surface area contributed by atoms with Crippen LogP contribution in [-0.2, 0) is 18.5 Å². The zero-order valence-electron chi connectivity index (χ0n) is 12.0. The van der Waals surface area contributed by atoms with Crippen LogP contribution in [0.2, 0.25) is 0 Å². The summed E-state index contributed by atoms with van der Waals surface area (Å²) in [4.78, 5) is 4.16. The Balaban J connectivity index is 2.14. The number of aromatic nitrogens is 2. The van der Waals surface area contributed by atoms with Gasteiger partial charge in [-0.3, -0.25) is 0 Å². The molecular formula is C15H19F2N3. The van der Waals surface area contributed by atoms with Crippen LogP contribution in [0.15, 0.2) is 30.7 Å². The molecule has 1 N–H and O–H groups in total. The highest BCUT2D eigenvalue weighted by atomic mass is 19.1. The van der Waals surface area contributed by atoms with Crippen LogP contribution < -0.4 is 5.32 Å². The molecule has 1 heterocycles. The van der Waals surface area contributed by atoms with Crippen molar-refractivity contribution >= 4 is 0 Å². The molecule has 1 aromatic carbocycles. The third-order valence-corrected chi connectivity index (χ3v) is 3.54. The minimum atomic E-state index is -0.540. The second kappa shape index (κ2) is 5.71. The number of halogens is 2. The molecule has 5 heteroatoms. The van der Waals surface area contributed by atoms with E-state index in [1.54, 1.807) is 6.33 Å². The quantitative estimate of drug-likeness (QED) is 0.912. The molecule has 0 aliphatic heterocycles. The predicted molar refractivity (Wildman–Crippen MR) is 74.4 cm³/mol. The summed E-state index contributed by atoms with van der Waals surface area (Å²) < 4.78 is 28.3. The first-order chi connectivity index (χ1) is 9.42. The van der Waals surface area contributed by atoms with Crippen molar-refractivity contribution in [2.24, 2.45) is 0 Å². The van der Waals surface area contributed by atoms with Crippen LogP contribution in [0.4, 0.5) is 8.78 Å². The first kappa shape index (κ1) is 14.7. The van der Waals surface area contributed by atoms with Crippen LogP contribution in [0.25, 0.3) is 0 Å². The van der Waals surface area contributed by atoms with Crippen LogP contribution in [0.3, 0.4) is 0 Å². The van der Waals surface area contributed by atoms with Gasteiger partial charge < -0.3 is 9.88 Å². The zero-order chi connectivity index (χ0) is 14.8.